The number of amides is 1. The van der Waals surface area contributed by atoms with Crippen LogP contribution in [0.3, 0.4) is 0 Å². The lowest BCUT2D eigenvalue weighted by Gasteiger charge is -2.11. The fourth-order valence-corrected chi connectivity index (χ4v) is 2.99. The van der Waals surface area contributed by atoms with Crippen LogP contribution in [0.1, 0.15) is 11.8 Å². The second-order valence-electron chi connectivity index (χ2n) is 3.65. The molecule has 2 aromatic heterocycles. The Bertz CT molecular complexity index is 678. The van der Waals surface area contributed by atoms with Crippen LogP contribution in [0.15, 0.2) is 16.0 Å². The van der Waals surface area contributed by atoms with E-state index < -0.39 is 6.09 Å². The summed E-state index contributed by atoms with van der Waals surface area (Å²) >= 11 is 2.73. The molecule has 102 valence electrons. The molecule has 0 fully saturated rings. The van der Waals surface area contributed by atoms with E-state index >= 15 is 0 Å². The van der Waals surface area contributed by atoms with Crippen LogP contribution in [0.5, 0.6) is 0 Å². The molecule has 0 aliphatic heterocycles. The van der Waals surface area contributed by atoms with Gasteiger partial charge in [-0.15, -0.1) is 11.3 Å². The predicted molar refractivity (Wildman–Crippen MR) is 76.8 cm³/mol. The van der Waals surface area contributed by atoms with Gasteiger partial charge in [-0.25, -0.2) is 15.2 Å². The number of aromatic nitrogens is 2. The molecule has 0 aliphatic rings. The SMILES string of the molecule is CCOC(=O)Nn1c(SC)nc2sc(C)cc2c1=O. The number of nitrogens with one attached hydrogen (secondary N) is 1. The quantitative estimate of drug-likeness (QED) is 0.694. The van der Waals surface area contributed by atoms with Crippen molar-refractivity contribution in [3.8, 4) is 0 Å². The predicted octanol–water partition coefficient (Wildman–Crippen LogP) is 2.19. The Balaban J connectivity index is 2.54. The van der Waals surface area contributed by atoms with Crippen LogP contribution >= 0.6 is 23.1 Å². The number of carbonyl (C=O) groups is 1. The molecule has 0 aliphatic carbocycles. The van der Waals surface area contributed by atoms with Gasteiger partial charge in [-0.2, -0.15) is 4.68 Å². The number of fused-ring (bicyclic) bond motifs is 1. The van der Waals surface area contributed by atoms with E-state index in [1.807, 2.05) is 6.92 Å². The van der Waals surface area contributed by atoms with E-state index in [1.165, 1.54) is 23.1 Å². The average molecular weight is 299 g/mol. The summed E-state index contributed by atoms with van der Waals surface area (Å²) in [5, 5.41) is 0.921. The number of ether oxygens (including phenoxy) is 1. The average Bonchev–Trinajstić information content (AvgIpc) is 2.74. The van der Waals surface area contributed by atoms with E-state index in [2.05, 4.69) is 10.4 Å². The zero-order valence-corrected chi connectivity index (χ0v) is 12.4. The maximum Gasteiger partial charge on any atom is 0.426 e. The summed E-state index contributed by atoms with van der Waals surface area (Å²) in [4.78, 5) is 29.8. The zero-order chi connectivity index (χ0) is 14.0. The van der Waals surface area contributed by atoms with Gasteiger partial charge in [-0.05, 0) is 26.2 Å². The Labute approximate surface area is 117 Å². The van der Waals surface area contributed by atoms with E-state index in [1.54, 1.807) is 19.2 Å². The Morgan fingerprint density at radius 3 is 3.00 bits per heavy atom. The van der Waals surface area contributed by atoms with Crippen LogP contribution in [0.2, 0.25) is 0 Å². The number of rotatable bonds is 3. The number of thiophene rings is 1. The molecule has 0 atom stereocenters. The number of aryl methyl sites for hydroxylation is 1. The fourth-order valence-electron chi connectivity index (χ4n) is 1.57. The Kier molecular flexibility index (Phi) is 4.11. The van der Waals surface area contributed by atoms with Crippen LogP contribution < -0.4 is 11.0 Å². The Morgan fingerprint density at radius 2 is 2.37 bits per heavy atom. The molecule has 0 bridgehead atoms. The van der Waals surface area contributed by atoms with Crippen molar-refractivity contribution in [2.45, 2.75) is 19.0 Å². The topological polar surface area (TPSA) is 73.2 Å². The molecule has 0 saturated heterocycles. The largest absolute Gasteiger partial charge is 0.449 e. The number of thioether (sulfide) groups is 1. The lowest BCUT2D eigenvalue weighted by Crippen LogP contribution is -2.35. The highest BCUT2D eigenvalue weighted by Crippen LogP contribution is 2.22. The number of carbonyl (C=O) groups excluding carboxylic acids is 1. The van der Waals surface area contributed by atoms with Gasteiger partial charge in [-0.1, -0.05) is 11.8 Å². The molecule has 0 saturated carbocycles. The summed E-state index contributed by atoms with van der Waals surface area (Å²) in [6, 6.07) is 1.77. The molecule has 0 radical (unpaired) electrons. The first-order chi connectivity index (χ1) is 9.06. The lowest BCUT2D eigenvalue weighted by atomic mass is 10.4. The van der Waals surface area contributed by atoms with Crippen molar-refractivity contribution in [1.29, 1.82) is 0 Å². The van der Waals surface area contributed by atoms with Crippen LogP contribution in [0.25, 0.3) is 10.2 Å². The Hall–Kier alpha value is -1.54. The summed E-state index contributed by atoms with van der Waals surface area (Å²) in [5.74, 6) is 0. The second-order valence-corrected chi connectivity index (χ2v) is 5.66. The highest BCUT2D eigenvalue weighted by atomic mass is 32.2. The first-order valence-corrected chi connectivity index (χ1v) is 7.62. The first-order valence-electron chi connectivity index (χ1n) is 5.57. The van der Waals surface area contributed by atoms with Crippen molar-refractivity contribution in [3.63, 3.8) is 0 Å². The molecule has 0 spiro atoms. The monoisotopic (exact) mass is 299 g/mol. The molecule has 2 rings (SSSR count). The van der Waals surface area contributed by atoms with Crippen LogP contribution in [-0.2, 0) is 4.74 Å². The van der Waals surface area contributed by atoms with E-state index in [0.717, 1.165) is 9.55 Å². The highest BCUT2D eigenvalue weighted by molar-refractivity contribution is 7.98. The van der Waals surface area contributed by atoms with Crippen molar-refractivity contribution >= 4 is 39.4 Å². The fraction of sp³-hybridized carbons (Fsp3) is 0.364. The van der Waals surface area contributed by atoms with Gasteiger partial charge in [0.15, 0.2) is 5.16 Å². The first kappa shape index (κ1) is 13.9. The maximum atomic E-state index is 12.3. The molecule has 2 heterocycles. The van der Waals surface area contributed by atoms with Gasteiger partial charge >= 0.3 is 6.09 Å². The summed E-state index contributed by atoms with van der Waals surface area (Å²) in [6.07, 6.45) is 1.12. The van der Waals surface area contributed by atoms with Crippen molar-refractivity contribution in [2.75, 3.05) is 18.3 Å². The summed E-state index contributed by atoms with van der Waals surface area (Å²) in [6.45, 7) is 3.84. The van der Waals surface area contributed by atoms with Crippen LogP contribution in [-0.4, -0.2) is 28.6 Å². The van der Waals surface area contributed by atoms with Gasteiger partial charge in [-0.3, -0.25) is 4.79 Å². The van der Waals surface area contributed by atoms with Crippen molar-refractivity contribution in [2.24, 2.45) is 0 Å². The molecule has 0 unspecified atom stereocenters. The molecule has 6 nitrogen and oxygen atoms in total. The Morgan fingerprint density at radius 1 is 1.63 bits per heavy atom. The lowest BCUT2D eigenvalue weighted by molar-refractivity contribution is 0.163. The van der Waals surface area contributed by atoms with Gasteiger partial charge < -0.3 is 4.74 Å². The maximum absolute atomic E-state index is 12.3. The summed E-state index contributed by atoms with van der Waals surface area (Å²) in [5.41, 5.74) is 2.10. The minimum absolute atomic E-state index is 0.239. The molecule has 2 aromatic rings. The van der Waals surface area contributed by atoms with Gasteiger partial charge in [0.25, 0.3) is 5.56 Å². The van der Waals surface area contributed by atoms with Gasteiger partial charge in [0, 0.05) is 4.88 Å². The third kappa shape index (κ3) is 2.74. The molecule has 1 N–H and O–H groups in total. The molecular weight excluding hydrogens is 286 g/mol. The highest BCUT2D eigenvalue weighted by Gasteiger charge is 2.14. The van der Waals surface area contributed by atoms with Crippen molar-refractivity contribution in [3.05, 3.63) is 21.3 Å². The molecule has 0 aromatic carbocycles. The standard InChI is InChI=1S/C11H13N3O3S2/c1-4-17-11(16)13-14-9(15)7-5-6(2)19-8(7)12-10(14)18-3/h5H,4H2,1-3H3,(H,13,16). The van der Waals surface area contributed by atoms with Gasteiger partial charge in [0.2, 0.25) is 0 Å². The van der Waals surface area contributed by atoms with Crippen molar-refractivity contribution in [1.82, 2.24) is 9.66 Å². The summed E-state index contributed by atoms with van der Waals surface area (Å²) < 4.78 is 5.90. The minimum atomic E-state index is -0.673. The smallest absolute Gasteiger partial charge is 0.426 e. The number of hydrogen-bond donors (Lipinski definition) is 1. The molecule has 1 amide bonds. The van der Waals surface area contributed by atoms with E-state index in [-0.39, 0.29) is 12.2 Å². The van der Waals surface area contributed by atoms with E-state index in [9.17, 15) is 9.59 Å². The van der Waals surface area contributed by atoms with E-state index in [4.69, 9.17) is 4.74 Å². The third-order valence-electron chi connectivity index (χ3n) is 2.32. The van der Waals surface area contributed by atoms with Gasteiger partial charge in [0.05, 0.1) is 12.0 Å². The van der Waals surface area contributed by atoms with Crippen LogP contribution in [0.4, 0.5) is 4.79 Å². The third-order valence-corrected chi connectivity index (χ3v) is 3.90. The number of hydrogen-bond acceptors (Lipinski definition) is 6. The summed E-state index contributed by atoms with van der Waals surface area (Å²) in [7, 11) is 0. The zero-order valence-electron chi connectivity index (χ0n) is 10.7. The number of nitrogens with zero attached hydrogens (tertiary/aromatic N) is 2. The molecule has 19 heavy (non-hydrogen) atoms. The molecular formula is C11H13N3O3S2. The minimum Gasteiger partial charge on any atom is -0.449 e. The molecule has 8 heteroatoms. The second kappa shape index (κ2) is 5.62. The van der Waals surface area contributed by atoms with Gasteiger partial charge in [0.1, 0.15) is 4.83 Å². The van der Waals surface area contributed by atoms with Crippen molar-refractivity contribution < 1.29 is 9.53 Å². The van der Waals surface area contributed by atoms with Crippen LogP contribution in [0, 0.1) is 6.92 Å². The normalized spacial score (nSPS) is 10.7. The van der Waals surface area contributed by atoms with E-state index in [0.29, 0.717) is 15.4 Å².